The second kappa shape index (κ2) is 11.1. The summed E-state index contributed by atoms with van der Waals surface area (Å²) in [5.41, 5.74) is 1.90. The first-order valence-electron chi connectivity index (χ1n) is 11.0. The predicted molar refractivity (Wildman–Crippen MR) is 128 cm³/mol. The lowest BCUT2D eigenvalue weighted by atomic mass is 10.1. The van der Waals surface area contributed by atoms with Crippen LogP contribution in [0, 0.1) is 10.1 Å². The van der Waals surface area contributed by atoms with Crippen LogP contribution in [-0.2, 0) is 0 Å². The third kappa shape index (κ3) is 6.30. The molecule has 10 nitrogen and oxygen atoms in total. The zero-order valence-electron chi connectivity index (χ0n) is 18.2. The van der Waals surface area contributed by atoms with Gasteiger partial charge in [-0.1, -0.05) is 24.6 Å². The van der Waals surface area contributed by atoms with Crippen LogP contribution in [0.25, 0.3) is 0 Å². The molecule has 1 fully saturated rings. The molecule has 3 aromatic rings. The minimum absolute atomic E-state index is 0.133. The van der Waals surface area contributed by atoms with Crippen LogP contribution < -0.4 is 10.6 Å². The molecular formula is C23H26N8O2. The van der Waals surface area contributed by atoms with E-state index in [1.54, 1.807) is 24.3 Å². The summed E-state index contributed by atoms with van der Waals surface area (Å²) < 4.78 is 0. The summed E-state index contributed by atoms with van der Waals surface area (Å²) in [5, 5.41) is 26.3. The van der Waals surface area contributed by atoms with Gasteiger partial charge in [0.1, 0.15) is 6.33 Å². The van der Waals surface area contributed by atoms with Crippen molar-refractivity contribution in [3.8, 4) is 0 Å². The number of hydrogen-bond acceptors (Lipinski definition) is 9. The molecule has 1 aliphatic heterocycles. The molecule has 2 N–H and O–H groups in total. The fraction of sp³-hybridized carbons (Fsp3) is 0.304. The van der Waals surface area contributed by atoms with Gasteiger partial charge in [-0.3, -0.25) is 10.1 Å². The van der Waals surface area contributed by atoms with Crippen LogP contribution in [0.15, 0.2) is 71.2 Å². The number of nitrogens with one attached hydrogen (secondary N) is 2. The fourth-order valence-electron chi connectivity index (χ4n) is 3.65. The number of nitro groups is 1. The SMILES string of the molecule is O=[N+]([O-])c1c(NCCN2CCCCC2)ncnc1Nc1ccc(N=Nc2ccccc2)cc1. The fourth-order valence-corrected chi connectivity index (χ4v) is 3.65. The summed E-state index contributed by atoms with van der Waals surface area (Å²) in [5.74, 6) is 0.344. The van der Waals surface area contributed by atoms with Crippen molar-refractivity contribution in [3.63, 3.8) is 0 Å². The highest BCUT2D eigenvalue weighted by Gasteiger charge is 2.23. The summed E-state index contributed by atoms with van der Waals surface area (Å²) >= 11 is 0. The maximum absolute atomic E-state index is 11.8. The Labute approximate surface area is 191 Å². The Balaban J connectivity index is 1.42. The van der Waals surface area contributed by atoms with Crippen LogP contribution in [-0.4, -0.2) is 46.0 Å². The van der Waals surface area contributed by atoms with Crippen molar-refractivity contribution in [3.05, 3.63) is 71.0 Å². The Hall–Kier alpha value is -3.92. The van der Waals surface area contributed by atoms with Crippen LogP contribution in [0.1, 0.15) is 19.3 Å². The van der Waals surface area contributed by atoms with Gasteiger partial charge < -0.3 is 15.5 Å². The molecule has 0 aliphatic carbocycles. The van der Waals surface area contributed by atoms with Crippen molar-refractivity contribution in [2.24, 2.45) is 10.2 Å². The maximum Gasteiger partial charge on any atom is 0.353 e. The molecule has 0 unspecified atom stereocenters. The number of rotatable bonds is 9. The van der Waals surface area contributed by atoms with Gasteiger partial charge in [0.25, 0.3) is 0 Å². The highest BCUT2D eigenvalue weighted by atomic mass is 16.6. The Morgan fingerprint density at radius 2 is 1.58 bits per heavy atom. The van der Waals surface area contributed by atoms with Gasteiger partial charge in [0.2, 0.25) is 11.6 Å². The van der Waals surface area contributed by atoms with Crippen LogP contribution in [0.2, 0.25) is 0 Å². The Morgan fingerprint density at radius 3 is 2.27 bits per heavy atom. The molecule has 33 heavy (non-hydrogen) atoms. The summed E-state index contributed by atoms with van der Waals surface area (Å²) in [6.45, 7) is 3.55. The first-order valence-corrected chi connectivity index (χ1v) is 11.0. The zero-order chi connectivity index (χ0) is 22.9. The van der Waals surface area contributed by atoms with Crippen molar-refractivity contribution in [1.29, 1.82) is 0 Å². The van der Waals surface area contributed by atoms with Gasteiger partial charge in [0, 0.05) is 18.8 Å². The van der Waals surface area contributed by atoms with Gasteiger partial charge in [-0.25, -0.2) is 9.97 Å². The number of nitrogens with zero attached hydrogens (tertiary/aromatic N) is 6. The van der Waals surface area contributed by atoms with Crippen molar-refractivity contribution >= 4 is 34.4 Å². The second-order valence-electron chi connectivity index (χ2n) is 7.71. The van der Waals surface area contributed by atoms with Gasteiger partial charge in [-0.15, -0.1) is 0 Å². The lowest BCUT2D eigenvalue weighted by Gasteiger charge is -2.26. The minimum Gasteiger partial charge on any atom is -0.363 e. The van der Waals surface area contributed by atoms with E-state index in [9.17, 15) is 10.1 Å². The van der Waals surface area contributed by atoms with Crippen molar-refractivity contribution in [1.82, 2.24) is 14.9 Å². The number of benzene rings is 2. The van der Waals surface area contributed by atoms with E-state index in [2.05, 4.69) is 35.7 Å². The first kappa shape index (κ1) is 22.3. The molecule has 0 saturated carbocycles. The summed E-state index contributed by atoms with van der Waals surface area (Å²) in [7, 11) is 0. The Morgan fingerprint density at radius 1 is 0.909 bits per heavy atom. The van der Waals surface area contributed by atoms with Crippen LogP contribution in [0.5, 0.6) is 0 Å². The number of aromatic nitrogens is 2. The molecular weight excluding hydrogens is 420 g/mol. The number of anilines is 3. The third-order valence-corrected chi connectivity index (χ3v) is 5.34. The summed E-state index contributed by atoms with van der Waals surface area (Å²) in [6.07, 6.45) is 5.00. The van der Waals surface area contributed by atoms with Gasteiger partial charge in [-0.05, 0) is 62.3 Å². The van der Waals surface area contributed by atoms with Gasteiger partial charge >= 0.3 is 5.69 Å². The molecule has 2 heterocycles. The molecule has 0 atom stereocenters. The van der Waals surface area contributed by atoms with E-state index in [0.29, 0.717) is 17.9 Å². The Kier molecular flexibility index (Phi) is 7.49. The summed E-state index contributed by atoms with van der Waals surface area (Å²) in [6, 6.07) is 16.5. The smallest absolute Gasteiger partial charge is 0.353 e. The number of hydrogen-bond donors (Lipinski definition) is 2. The Bertz CT molecular complexity index is 1080. The molecule has 4 rings (SSSR count). The minimum atomic E-state index is -0.464. The van der Waals surface area contributed by atoms with Crippen LogP contribution >= 0.6 is 0 Å². The van der Waals surface area contributed by atoms with E-state index in [1.165, 1.54) is 25.6 Å². The molecule has 0 spiro atoms. The average molecular weight is 447 g/mol. The van der Waals surface area contributed by atoms with Crippen molar-refractivity contribution in [2.45, 2.75) is 19.3 Å². The molecule has 10 heteroatoms. The van der Waals surface area contributed by atoms with E-state index < -0.39 is 4.92 Å². The van der Waals surface area contributed by atoms with E-state index in [0.717, 1.165) is 25.3 Å². The highest BCUT2D eigenvalue weighted by Crippen LogP contribution is 2.31. The molecule has 0 bridgehead atoms. The lowest BCUT2D eigenvalue weighted by Crippen LogP contribution is -2.33. The second-order valence-corrected chi connectivity index (χ2v) is 7.71. The maximum atomic E-state index is 11.8. The van der Waals surface area contributed by atoms with Gasteiger partial charge in [0.15, 0.2) is 0 Å². The quantitative estimate of drug-likeness (QED) is 0.255. The number of azo groups is 1. The third-order valence-electron chi connectivity index (χ3n) is 5.34. The molecule has 1 aliphatic rings. The monoisotopic (exact) mass is 446 g/mol. The highest BCUT2D eigenvalue weighted by molar-refractivity contribution is 5.74. The standard InChI is InChI=1S/C23H26N8O2/c32-31(33)21-22(24-13-16-30-14-5-2-6-15-30)25-17-26-23(21)27-18-9-11-20(12-10-18)29-28-19-7-3-1-4-8-19/h1,3-4,7-12,17H,2,5-6,13-16H2,(H2,24,25,26,27). The topological polar surface area (TPSA) is 121 Å². The molecule has 170 valence electrons. The lowest BCUT2D eigenvalue weighted by molar-refractivity contribution is -0.383. The first-order chi connectivity index (χ1) is 16.2. The van der Waals surface area contributed by atoms with Crippen molar-refractivity contribution in [2.75, 3.05) is 36.8 Å². The van der Waals surface area contributed by atoms with Crippen LogP contribution in [0.4, 0.5) is 34.4 Å². The molecule has 0 radical (unpaired) electrons. The molecule has 1 aromatic heterocycles. The normalized spacial score (nSPS) is 14.3. The van der Waals surface area contributed by atoms with Crippen molar-refractivity contribution < 1.29 is 4.92 Å². The van der Waals surface area contributed by atoms with E-state index >= 15 is 0 Å². The predicted octanol–water partition coefficient (Wildman–Crippen LogP) is 5.44. The summed E-state index contributed by atoms with van der Waals surface area (Å²) in [4.78, 5) is 21.9. The largest absolute Gasteiger partial charge is 0.363 e. The average Bonchev–Trinajstić information content (AvgIpc) is 2.85. The molecule has 1 saturated heterocycles. The molecule has 2 aromatic carbocycles. The zero-order valence-corrected chi connectivity index (χ0v) is 18.2. The van der Waals surface area contributed by atoms with Crippen LogP contribution in [0.3, 0.4) is 0 Å². The number of piperidine rings is 1. The van der Waals surface area contributed by atoms with E-state index in [1.807, 2.05) is 30.3 Å². The van der Waals surface area contributed by atoms with E-state index in [4.69, 9.17) is 0 Å². The van der Waals surface area contributed by atoms with E-state index in [-0.39, 0.29) is 17.3 Å². The number of likely N-dealkylation sites (tertiary alicyclic amines) is 1. The molecule has 0 amide bonds. The van der Waals surface area contributed by atoms with Gasteiger partial charge in [-0.2, -0.15) is 10.2 Å². The van der Waals surface area contributed by atoms with Gasteiger partial charge in [0.05, 0.1) is 16.3 Å².